The van der Waals surface area contributed by atoms with Crippen LogP contribution in [-0.2, 0) is 6.54 Å². The van der Waals surface area contributed by atoms with Crippen LogP contribution in [0.15, 0.2) is 22.8 Å². The molecule has 106 valence electrons. The lowest BCUT2D eigenvalue weighted by Crippen LogP contribution is -2.36. The van der Waals surface area contributed by atoms with Gasteiger partial charge in [0.25, 0.3) is 0 Å². The Morgan fingerprint density at radius 1 is 1.37 bits per heavy atom. The first-order valence-electron chi connectivity index (χ1n) is 7.31. The van der Waals surface area contributed by atoms with Gasteiger partial charge < -0.3 is 5.32 Å². The Labute approximate surface area is 124 Å². The first-order valence-corrected chi connectivity index (χ1v) is 8.10. The summed E-state index contributed by atoms with van der Waals surface area (Å²) in [7, 11) is 0. The Hall–Kier alpha value is -0.450. The molecule has 0 spiro atoms. The van der Waals surface area contributed by atoms with E-state index in [1.165, 1.54) is 51.1 Å². The molecule has 0 aliphatic carbocycles. The van der Waals surface area contributed by atoms with Gasteiger partial charge in [-0.3, -0.25) is 9.88 Å². The molecule has 4 heteroatoms. The summed E-state index contributed by atoms with van der Waals surface area (Å²) in [5.74, 6) is 0.850. The molecule has 0 unspecified atom stereocenters. The quantitative estimate of drug-likeness (QED) is 0.871. The van der Waals surface area contributed by atoms with Crippen LogP contribution in [0.1, 0.15) is 31.9 Å². The van der Waals surface area contributed by atoms with Crippen LogP contribution >= 0.6 is 15.9 Å². The highest BCUT2D eigenvalue weighted by atomic mass is 79.9. The number of nitrogens with zero attached hydrogens (tertiary/aromatic N) is 2. The fourth-order valence-corrected chi connectivity index (χ4v) is 2.94. The lowest BCUT2D eigenvalue weighted by atomic mass is 9.97. The Balaban J connectivity index is 1.89. The molecule has 1 aromatic rings. The Morgan fingerprint density at radius 2 is 2.16 bits per heavy atom. The number of pyridine rings is 1. The Kier molecular flexibility index (Phi) is 6.28. The van der Waals surface area contributed by atoms with E-state index >= 15 is 0 Å². The molecule has 1 aliphatic rings. The van der Waals surface area contributed by atoms with E-state index in [4.69, 9.17) is 0 Å². The number of hydrogen-bond donors (Lipinski definition) is 1. The van der Waals surface area contributed by atoms with Gasteiger partial charge in [-0.25, -0.2) is 0 Å². The average molecular weight is 326 g/mol. The van der Waals surface area contributed by atoms with Crippen molar-refractivity contribution in [2.24, 2.45) is 5.92 Å². The summed E-state index contributed by atoms with van der Waals surface area (Å²) in [6, 6.07) is 4.20. The van der Waals surface area contributed by atoms with E-state index < -0.39 is 0 Å². The maximum absolute atomic E-state index is 4.49. The van der Waals surface area contributed by atoms with E-state index in [-0.39, 0.29) is 0 Å². The Morgan fingerprint density at radius 3 is 2.79 bits per heavy atom. The molecule has 1 fully saturated rings. The molecule has 0 radical (unpaired) electrons. The van der Waals surface area contributed by atoms with Crippen molar-refractivity contribution in [1.29, 1.82) is 0 Å². The van der Waals surface area contributed by atoms with Crippen molar-refractivity contribution in [3.8, 4) is 0 Å². The van der Waals surface area contributed by atoms with E-state index in [0.717, 1.165) is 16.9 Å². The molecule has 2 heterocycles. The number of piperidine rings is 1. The smallest absolute Gasteiger partial charge is 0.0544 e. The van der Waals surface area contributed by atoms with Crippen LogP contribution in [0.3, 0.4) is 0 Å². The summed E-state index contributed by atoms with van der Waals surface area (Å²) in [6.45, 7) is 7.98. The summed E-state index contributed by atoms with van der Waals surface area (Å²) in [6.07, 6.45) is 5.73. The Bertz CT molecular complexity index is 360. The van der Waals surface area contributed by atoms with Crippen molar-refractivity contribution in [2.75, 3.05) is 26.2 Å². The summed E-state index contributed by atoms with van der Waals surface area (Å²) < 4.78 is 1.05. The molecular formula is C15H24BrN3. The van der Waals surface area contributed by atoms with E-state index in [1.54, 1.807) is 0 Å². The molecule has 19 heavy (non-hydrogen) atoms. The third kappa shape index (κ3) is 5.21. The van der Waals surface area contributed by atoms with E-state index in [2.05, 4.69) is 50.2 Å². The molecule has 0 aromatic carbocycles. The van der Waals surface area contributed by atoms with E-state index in [0.29, 0.717) is 0 Å². The van der Waals surface area contributed by atoms with Crippen molar-refractivity contribution in [1.82, 2.24) is 15.2 Å². The zero-order valence-corrected chi connectivity index (χ0v) is 13.3. The number of rotatable bonds is 6. The highest BCUT2D eigenvalue weighted by Crippen LogP contribution is 2.16. The van der Waals surface area contributed by atoms with E-state index in [9.17, 15) is 0 Å². The van der Waals surface area contributed by atoms with E-state index in [1.807, 2.05) is 6.20 Å². The molecule has 1 aromatic heterocycles. The lowest BCUT2D eigenvalue weighted by Gasteiger charge is -2.29. The standard InChI is InChI=1S/C15H24BrN3/c1-2-9-19(11-13-5-7-17-8-6-13)12-15-4-3-14(16)10-18-15/h3-4,10,13,17H,2,5-9,11-12H2,1H3. The highest BCUT2D eigenvalue weighted by Gasteiger charge is 2.17. The minimum atomic E-state index is 0.850. The molecule has 0 amide bonds. The van der Waals surface area contributed by atoms with Gasteiger partial charge in [-0.2, -0.15) is 0 Å². The fourth-order valence-electron chi connectivity index (χ4n) is 2.71. The number of aromatic nitrogens is 1. The fraction of sp³-hybridized carbons (Fsp3) is 0.667. The van der Waals surface area contributed by atoms with Gasteiger partial charge in [0, 0.05) is 23.8 Å². The van der Waals surface area contributed by atoms with Crippen molar-refractivity contribution < 1.29 is 0 Å². The van der Waals surface area contributed by atoms with Crippen LogP contribution in [0.2, 0.25) is 0 Å². The largest absolute Gasteiger partial charge is 0.317 e. The molecule has 1 N–H and O–H groups in total. The number of nitrogens with one attached hydrogen (secondary N) is 1. The monoisotopic (exact) mass is 325 g/mol. The van der Waals surface area contributed by atoms with Gasteiger partial charge >= 0.3 is 0 Å². The van der Waals surface area contributed by atoms with Gasteiger partial charge in [-0.1, -0.05) is 6.92 Å². The van der Waals surface area contributed by atoms with Gasteiger partial charge in [-0.15, -0.1) is 0 Å². The van der Waals surface area contributed by atoms with Crippen molar-refractivity contribution >= 4 is 15.9 Å². The summed E-state index contributed by atoms with van der Waals surface area (Å²) in [5, 5.41) is 3.44. The summed E-state index contributed by atoms with van der Waals surface area (Å²) >= 11 is 3.44. The molecular weight excluding hydrogens is 302 g/mol. The van der Waals surface area contributed by atoms with Crippen LogP contribution in [0, 0.1) is 5.92 Å². The topological polar surface area (TPSA) is 28.2 Å². The first-order chi connectivity index (χ1) is 9.28. The van der Waals surface area contributed by atoms with Gasteiger partial charge in [0.2, 0.25) is 0 Å². The maximum atomic E-state index is 4.49. The van der Waals surface area contributed by atoms with Crippen LogP contribution in [0.4, 0.5) is 0 Å². The second-order valence-corrected chi connectivity index (χ2v) is 6.31. The predicted octanol–water partition coefficient (Wildman–Crippen LogP) is 3.06. The molecule has 1 aliphatic heterocycles. The lowest BCUT2D eigenvalue weighted by molar-refractivity contribution is 0.197. The minimum Gasteiger partial charge on any atom is -0.317 e. The zero-order valence-electron chi connectivity index (χ0n) is 11.7. The summed E-state index contributed by atoms with van der Waals surface area (Å²) in [4.78, 5) is 7.05. The number of hydrogen-bond acceptors (Lipinski definition) is 3. The second kappa shape index (κ2) is 7.98. The van der Waals surface area contributed by atoms with Crippen LogP contribution in [0.5, 0.6) is 0 Å². The van der Waals surface area contributed by atoms with Crippen LogP contribution < -0.4 is 5.32 Å². The number of halogens is 1. The van der Waals surface area contributed by atoms with Crippen LogP contribution in [-0.4, -0.2) is 36.1 Å². The maximum Gasteiger partial charge on any atom is 0.0544 e. The minimum absolute atomic E-state index is 0.850. The molecule has 2 rings (SSSR count). The van der Waals surface area contributed by atoms with Crippen molar-refractivity contribution in [3.05, 3.63) is 28.5 Å². The predicted molar refractivity (Wildman–Crippen MR) is 83.1 cm³/mol. The van der Waals surface area contributed by atoms with Crippen LogP contribution in [0.25, 0.3) is 0 Å². The normalized spacial score (nSPS) is 17.0. The molecule has 0 saturated carbocycles. The zero-order chi connectivity index (χ0) is 13.5. The average Bonchev–Trinajstić information content (AvgIpc) is 2.43. The second-order valence-electron chi connectivity index (χ2n) is 5.40. The third-order valence-corrected chi connectivity index (χ3v) is 4.16. The molecule has 1 saturated heterocycles. The molecule has 0 atom stereocenters. The van der Waals surface area contributed by atoms with Crippen molar-refractivity contribution in [3.63, 3.8) is 0 Å². The van der Waals surface area contributed by atoms with Gasteiger partial charge in [0.1, 0.15) is 0 Å². The van der Waals surface area contributed by atoms with Gasteiger partial charge in [0.15, 0.2) is 0 Å². The third-order valence-electron chi connectivity index (χ3n) is 3.69. The molecule has 3 nitrogen and oxygen atoms in total. The van der Waals surface area contributed by atoms with Gasteiger partial charge in [0.05, 0.1) is 5.69 Å². The molecule has 0 bridgehead atoms. The van der Waals surface area contributed by atoms with Crippen molar-refractivity contribution in [2.45, 2.75) is 32.7 Å². The van der Waals surface area contributed by atoms with Gasteiger partial charge in [-0.05, 0) is 72.9 Å². The highest BCUT2D eigenvalue weighted by molar-refractivity contribution is 9.10. The first kappa shape index (κ1) is 14.9. The summed E-state index contributed by atoms with van der Waals surface area (Å²) in [5.41, 5.74) is 1.17. The SMILES string of the molecule is CCCN(Cc1ccc(Br)cn1)CC1CCNCC1.